The summed E-state index contributed by atoms with van der Waals surface area (Å²) < 4.78 is 7.90. The highest BCUT2D eigenvalue weighted by Crippen LogP contribution is 2.51. The number of nitrogens with zero attached hydrogens (tertiary/aromatic N) is 3. The summed E-state index contributed by atoms with van der Waals surface area (Å²) in [6, 6.07) is 78.7. The third-order valence-corrected chi connectivity index (χ3v) is 16.5. The molecule has 0 atom stereocenters. The lowest BCUT2D eigenvalue weighted by molar-refractivity contribution is 1.10. The zero-order valence-corrected chi connectivity index (χ0v) is 36.5. The van der Waals surface area contributed by atoms with Crippen molar-refractivity contribution in [2.24, 2.45) is 0 Å². The molecular formula is C64H34BN3. The first-order chi connectivity index (χ1) is 33.8. The van der Waals surface area contributed by atoms with E-state index >= 15 is 0 Å². The molecule has 0 N–H and O–H groups in total. The summed E-state index contributed by atoms with van der Waals surface area (Å²) in [4.78, 5) is 0. The molecule has 0 spiro atoms. The molecular weight excluding hydrogens is 822 g/mol. The Balaban J connectivity index is 1.08. The van der Waals surface area contributed by atoms with E-state index in [2.05, 4.69) is 220 Å². The third kappa shape index (κ3) is 3.86. The molecule has 18 rings (SSSR count). The normalized spacial score (nSPS) is 13.3. The van der Waals surface area contributed by atoms with Gasteiger partial charge in [-0.15, -0.1) is 0 Å². The molecule has 0 saturated carbocycles. The number of hydrogen-bond donors (Lipinski definition) is 0. The van der Waals surface area contributed by atoms with Crippen molar-refractivity contribution in [3.8, 4) is 39.3 Å². The minimum atomic E-state index is 0.0157. The number of aromatic nitrogens is 3. The van der Waals surface area contributed by atoms with Crippen molar-refractivity contribution >= 4 is 132 Å². The molecule has 12 aromatic carbocycles. The van der Waals surface area contributed by atoms with Crippen LogP contribution in [0.15, 0.2) is 206 Å². The smallest absolute Gasteiger partial charge is 0.252 e. The molecule has 0 bridgehead atoms. The van der Waals surface area contributed by atoms with Crippen LogP contribution in [0.4, 0.5) is 0 Å². The van der Waals surface area contributed by atoms with Gasteiger partial charge in [-0.25, -0.2) is 0 Å². The molecule has 68 heavy (non-hydrogen) atoms. The molecule has 1 aliphatic carbocycles. The second-order valence-corrected chi connectivity index (χ2v) is 19.5. The fourth-order valence-corrected chi connectivity index (χ4v) is 14.0. The summed E-state index contributed by atoms with van der Waals surface area (Å²) in [6.45, 7) is 0.0157. The van der Waals surface area contributed by atoms with Crippen molar-refractivity contribution in [3.63, 3.8) is 0 Å². The topological polar surface area (TPSA) is 14.8 Å². The van der Waals surface area contributed by atoms with E-state index in [9.17, 15) is 0 Å². The van der Waals surface area contributed by atoms with Gasteiger partial charge in [0.25, 0.3) is 6.71 Å². The van der Waals surface area contributed by atoms with Crippen LogP contribution in [0.3, 0.4) is 0 Å². The van der Waals surface area contributed by atoms with Crippen LogP contribution in [0.1, 0.15) is 0 Å². The average molecular weight is 856 g/mol. The predicted octanol–water partition coefficient (Wildman–Crippen LogP) is 14.4. The van der Waals surface area contributed by atoms with Gasteiger partial charge in [-0.3, -0.25) is 0 Å². The summed E-state index contributed by atoms with van der Waals surface area (Å²) in [5.41, 5.74) is 20.5. The van der Waals surface area contributed by atoms with E-state index in [-0.39, 0.29) is 6.71 Å². The van der Waals surface area contributed by atoms with Gasteiger partial charge in [-0.2, -0.15) is 0 Å². The van der Waals surface area contributed by atoms with E-state index in [4.69, 9.17) is 0 Å². The van der Waals surface area contributed by atoms with Crippen LogP contribution < -0.4 is 16.4 Å². The van der Waals surface area contributed by atoms with Crippen LogP contribution >= 0.6 is 0 Å². The molecule has 3 aliphatic rings. The molecule has 0 amide bonds. The van der Waals surface area contributed by atoms with E-state index in [1.54, 1.807) is 0 Å². The Hall–Kier alpha value is -8.86. The van der Waals surface area contributed by atoms with Gasteiger partial charge in [0.05, 0.1) is 33.3 Å². The Morgan fingerprint density at radius 2 is 0.750 bits per heavy atom. The van der Waals surface area contributed by atoms with Gasteiger partial charge in [0.2, 0.25) is 0 Å². The van der Waals surface area contributed by atoms with Crippen LogP contribution in [0.25, 0.3) is 148 Å². The summed E-state index contributed by atoms with van der Waals surface area (Å²) in [5, 5.41) is 18.2. The third-order valence-electron chi connectivity index (χ3n) is 16.5. The molecule has 0 radical (unpaired) electrons. The molecule has 15 aromatic rings. The Morgan fingerprint density at radius 3 is 1.41 bits per heavy atom. The van der Waals surface area contributed by atoms with Crippen LogP contribution in [-0.2, 0) is 0 Å². The molecule has 4 heteroatoms. The number of fused-ring (bicyclic) bond motifs is 20. The molecule has 3 aromatic heterocycles. The Labute approximate surface area is 389 Å². The first-order valence-electron chi connectivity index (χ1n) is 23.9. The van der Waals surface area contributed by atoms with Gasteiger partial charge in [0, 0.05) is 49.2 Å². The van der Waals surface area contributed by atoms with Crippen molar-refractivity contribution in [1.82, 2.24) is 13.7 Å². The first-order valence-corrected chi connectivity index (χ1v) is 23.9. The number of para-hydroxylation sites is 1. The molecule has 308 valence electrons. The molecule has 5 heterocycles. The fraction of sp³-hybridized carbons (Fsp3) is 0. The fourth-order valence-electron chi connectivity index (χ4n) is 14.0. The molecule has 0 saturated heterocycles. The SMILES string of the molecule is c1ccc2c(c1)-c1cccc3ccc4c(c13)c1c-2ccc2c1n4-c1cc(-n3c4ccc5ccccc5c4c4c5ccccc5ccc43)cc3c1B2c1cccc2c4c5ccccc5ccc4n-3c12. The Morgan fingerprint density at radius 1 is 0.279 bits per heavy atom. The van der Waals surface area contributed by atoms with Gasteiger partial charge < -0.3 is 13.7 Å². The number of benzene rings is 12. The van der Waals surface area contributed by atoms with E-state index in [0.717, 1.165) is 5.69 Å². The van der Waals surface area contributed by atoms with Gasteiger partial charge in [0.15, 0.2) is 0 Å². The Bertz CT molecular complexity index is 4830. The summed E-state index contributed by atoms with van der Waals surface area (Å²) in [5.74, 6) is 0. The first kappa shape index (κ1) is 34.5. The van der Waals surface area contributed by atoms with Gasteiger partial charge >= 0.3 is 0 Å². The van der Waals surface area contributed by atoms with Gasteiger partial charge in [0.1, 0.15) is 0 Å². The zero-order chi connectivity index (χ0) is 43.7. The minimum absolute atomic E-state index is 0.0157. The lowest BCUT2D eigenvalue weighted by atomic mass is 9.34. The highest BCUT2D eigenvalue weighted by molar-refractivity contribution is 7.00. The quantitative estimate of drug-likeness (QED) is 0.146. The highest BCUT2D eigenvalue weighted by Gasteiger charge is 2.42. The molecule has 0 fully saturated rings. The minimum Gasteiger partial charge on any atom is -0.310 e. The van der Waals surface area contributed by atoms with Gasteiger partial charge in [-0.1, -0.05) is 170 Å². The monoisotopic (exact) mass is 855 g/mol. The van der Waals surface area contributed by atoms with Crippen molar-refractivity contribution in [3.05, 3.63) is 206 Å². The van der Waals surface area contributed by atoms with Crippen molar-refractivity contribution in [1.29, 1.82) is 0 Å². The van der Waals surface area contributed by atoms with E-state index < -0.39 is 0 Å². The van der Waals surface area contributed by atoms with Crippen LogP contribution in [0, 0.1) is 0 Å². The Kier molecular flexibility index (Phi) is 5.96. The lowest BCUT2D eigenvalue weighted by Crippen LogP contribution is -2.59. The van der Waals surface area contributed by atoms with Crippen molar-refractivity contribution < 1.29 is 0 Å². The second-order valence-electron chi connectivity index (χ2n) is 19.5. The maximum absolute atomic E-state index is 2.68. The number of rotatable bonds is 1. The molecule has 0 unspecified atom stereocenters. The molecule has 3 nitrogen and oxygen atoms in total. The van der Waals surface area contributed by atoms with Gasteiger partial charge in [-0.05, 0) is 118 Å². The van der Waals surface area contributed by atoms with Crippen molar-refractivity contribution in [2.45, 2.75) is 0 Å². The van der Waals surface area contributed by atoms with E-state index in [0.29, 0.717) is 0 Å². The van der Waals surface area contributed by atoms with Crippen LogP contribution in [0.2, 0.25) is 0 Å². The second kappa shape index (κ2) is 11.7. The predicted molar refractivity (Wildman–Crippen MR) is 289 cm³/mol. The van der Waals surface area contributed by atoms with Crippen LogP contribution in [0.5, 0.6) is 0 Å². The summed E-state index contributed by atoms with van der Waals surface area (Å²) in [6.07, 6.45) is 0. The van der Waals surface area contributed by atoms with Crippen molar-refractivity contribution in [2.75, 3.05) is 0 Å². The van der Waals surface area contributed by atoms with E-state index in [1.165, 1.54) is 159 Å². The maximum Gasteiger partial charge on any atom is 0.252 e. The van der Waals surface area contributed by atoms with E-state index in [1.807, 2.05) is 0 Å². The van der Waals surface area contributed by atoms with Crippen LogP contribution in [-0.4, -0.2) is 20.4 Å². The number of hydrogen-bond acceptors (Lipinski definition) is 0. The summed E-state index contributed by atoms with van der Waals surface area (Å²) >= 11 is 0. The highest BCUT2D eigenvalue weighted by atomic mass is 15.1. The lowest BCUT2D eigenvalue weighted by Gasteiger charge is -2.34. The largest absolute Gasteiger partial charge is 0.310 e. The zero-order valence-electron chi connectivity index (χ0n) is 36.5. The average Bonchev–Trinajstić information content (AvgIpc) is 4.03. The molecule has 2 aliphatic heterocycles. The standard InChI is InChI=1S/C64H34BN3/c1-4-15-40-35(11-1)23-29-50-57(40)47-21-10-22-48-63(47)67(50)54-33-39(66-51-30-24-36-12-2-5-16-41(36)58(51)59-42-17-6-3-13-37(42)25-31-52(59)66)34-55-62(54)65(48)49-28-27-46-44-19-8-7-18-43(44)45-20-9-14-38-26-32-53-61(56(38)45)60(46)64(49)68(53)55/h1-34H. The summed E-state index contributed by atoms with van der Waals surface area (Å²) in [7, 11) is 0. The maximum atomic E-state index is 2.68.